The summed E-state index contributed by atoms with van der Waals surface area (Å²) >= 11 is 0. The summed E-state index contributed by atoms with van der Waals surface area (Å²) in [6.45, 7) is 6.20. The number of hydrogen-bond donors (Lipinski definition) is 1. The average Bonchev–Trinajstić information content (AvgIpc) is 2.64. The molecule has 3 nitrogen and oxygen atoms in total. The van der Waals surface area contributed by atoms with Gasteiger partial charge in [0.1, 0.15) is 0 Å². The lowest BCUT2D eigenvalue weighted by Gasteiger charge is -2.37. The summed E-state index contributed by atoms with van der Waals surface area (Å²) in [6, 6.07) is 0.496. The van der Waals surface area contributed by atoms with Crippen molar-refractivity contribution in [2.75, 3.05) is 13.1 Å². The van der Waals surface area contributed by atoms with Gasteiger partial charge in [0.25, 0.3) is 0 Å². The van der Waals surface area contributed by atoms with Gasteiger partial charge >= 0.3 is 0 Å². The van der Waals surface area contributed by atoms with Crippen LogP contribution in [-0.2, 0) is 4.79 Å². The summed E-state index contributed by atoms with van der Waals surface area (Å²) < 4.78 is 0. The van der Waals surface area contributed by atoms with E-state index in [-0.39, 0.29) is 0 Å². The maximum absolute atomic E-state index is 11.9. The van der Waals surface area contributed by atoms with Crippen molar-refractivity contribution in [2.24, 2.45) is 23.5 Å². The van der Waals surface area contributed by atoms with E-state index in [1.807, 2.05) is 0 Å². The standard InChI is InChI=1S/C13H24N2O/c1-9-3-4-12(5-10(9)2)15-8-11(7-14)6-13(15)16/h9-12H,3-8,14H2,1-2H3. The Bertz CT molecular complexity index is 267. The third-order valence-corrected chi connectivity index (χ3v) is 4.58. The summed E-state index contributed by atoms with van der Waals surface area (Å²) in [6.07, 6.45) is 4.32. The Labute approximate surface area is 98.4 Å². The molecule has 2 fully saturated rings. The minimum atomic E-state index is 0.335. The fourth-order valence-electron chi connectivity index (χ4n) is 3.12. The second kappa shape index (κ2) is 4.74. The first-order valence-corrected chi connectivity index (χ1v) is 6.61. The van der Waals surface area contributed by atoms with E-state index >= 15 is 0 Å². The summed E-state index contributed by atoms with van der Waals surface area (Å²) in [4.78, 5) is 14.0. The van der Waals surface area contributed by atoms with Crippen molar-refractivity contribution in [2.45, 2.75) is 45.6 Å². The van der Waals surface area contributed by atoms with Gasteiger partial charge in [-0.3, -0.25) is 4.79 Å². The molecule has 16 heavy (non-hydrogen) atoms. The van der Waals surface area contributed by atoms with Crippen LogP contribution in [0.5, 0.6) is 0 Å². The van der Waals surface area contributed by atoms with Gasteiger partial charge in [0.2, 0.25) is 5.91 Å². The number of amides is 1. The summed E-state index contributed by atoms with van der Waals surface area (Å²) in [5.74, 6) is 2.31. The highest BCUT2D eigenvalue weighted by molar-refractivity contribution is 5.79. The number of likely N-dealkylation sites (tertiary alicyclic amines) is 1. The molecule has 1 aliphatic carbocycles. The molecule has 0 aromatic heterocycles. The van der Waals surface area contributed by atoms with Gasteiger partial charge in [-0.2, -0.15) is 0 Å². The summed E-state index contributed by atoms with van der Waals surface area (Å²) in [5, 5.41) is 0. The van der Waals surface area contributed by atoms with Crippen molar-refractivity contribution in [1.82, 2.24) is 4.90 Å². The predicted molar refractivity (Wildman–Crippen MR) is 64.8 cm³/mol. The zero-order valence-electron chi connectivity index (χ0n) is 10.5. The minimum Gasteiger partial charge on any atom is -0.339 e. The van der Waals surface area contributed by atoms with Crippen LogP contribution in [0, 0.1) is 17.8 Å². The van der Waals surface area contributed by atoms with Crippen LogP contribution in [0.15, 0.2) is 0 Å². The molecule has 1 saturated carbocycles. The minimum absolute atomic E-state index is 0.335. The topological polar surface area (TPSA) is 46.3 Å². The molecule has 4 unspecified atom stereocenters. The molecular weight excluding hydrogens is 200 g/mol. The largest absolute Gasteiger partial charge is 0.339 e. The number of nitrogens with zero attached hydrogens (tertiary/aromatic N) is 1. The number of carbonyl (C=O) groups excluding carboxylic acids is 1. The van der Waals surface area contributed by atoms with Crippen molar-refractivity contribution in [1.29, 1.82) is 0 Å². The van der Waals surface area contributed by atoms with Gasteiger partial charge in [-0.05, 0) is 43.6 Å². The van der Waals surface area contributed by atoms with Crippen LogP contribution >= 0.6 is 0 Å². The Kier molecular flexibility index (Phi) is 3.53. The van der Waals surface area contributed by atoms with Crippen molar-refractivity contribution in [3.05, 3.63) is 0 Å². The quantitative estimate of drug-likeness (QED) is 0.774. The highest BCUT2D eigenvalue weighted by Gasteiger charge is 2.36. The molecule has 0 aromatic rings. The van der Waals surface area contributed by atoms with Crippen molar-refractivity contribution in [3.8, 4) is 0 Å². The first kappa shape index (κ1) is 11.9. The lowest BCUT2D eigenvalue weighted by Crippen LogP contribution is -2.41. The molecule has 0 radical (unpaired) electrons. The first-order chi connectivity index (χ1) is 7.61. The van der Waals surface area contributed by atoms with Gasteiger partial charge in [0, 0.05) is 19.0 Å². The zero-order valence-corrected chi connectivity index (χ0v) is 10.5. The smallest absolute Gasteiger partial charge is 0.223 e. The van der Waals surface area contributed by atoms with E-state index in [1.54, 1.807) is 0 Å². The highest BCUT2D eigenvalue weighted by Crippen LogP contribution is 2.34. The molecule has 4 atom stereocenters. The Balaban J connectivity index is 1.95. The number of rotatable bonds is 2. The van der Waals surface area contributed by atoms with E-state index in [0.717, 1.165) is 18.4 Å². The van der Waals surface area contributed by atoms with Gasteiger partial charge in [-0.15, -0.1) is 0 Å². The molecule has 1 heterocycles. The molecule has 1 amide bonds. The fourth-order valence-corrected chi connectivity index (χ4v) is 3.12. The molecule has 0 bridgehead atoms. The van der Waals surface area contributed by atoms with Gasteiger partial charge in [0.05, 0.1) is 0 Å². The summed E-state index contributed by atoms with van der Waals surface area (Å²) in [5.41, 5.74) is 5.66. The maximum atomic E-state index is 11.9. The van der Waals surface area contributed by atoms with E-state index in [1.165, 1.54) is 19.3 Å². The molecule has 0 spiro atoms. The molecule has 2 aliphatic rings. The third-order valence-electron chi connectivity index (χ3n) is 4.58. The molecule has 0 aromatic carbocycles. The molecule has 2 N–H and O–H groups in total. The first-order valence-electron chi connectivity index (χ1n) is 6.61. The van der Waals surface area contributed by atoms with Crippen LogP contribution in [0.1, 0.15) is 39.5 Å². The van der Waals surface area contributed by atoms with Crippen LogP contribution in [0.25, 0.3) is 0 Å². The van der Waals surface area contributed by atoms with E-state index in [2.05, 4.69) is 18.7 Å². The van der Waals surface area contributed by atoms with Crippen LogP contribution in [0.2, 0.25) is 0 Å². The number of nitrogens with two attached hydrogens (primary N) is 1. The van der Waals surface area contributed by atoms with Crippen LogP contribution in [0.4, 0.5) is 0 Å². The van der Waals surface area contributed by atoms with Crippen molar-refractivity contribution >= 4 is 5.91 Å². The molecule has 3 heteroatoms. The van der Waals surface area contributed by atoms with Gasteiger partial charge < -0.3 is 10.6 Å². The van der Waals surface area contributed by atoms with Crippen molar-refractivity contribution < 1.29 is 4.79 Å². The zero-order chi connectivity index (χ0) is 11.7. The maximum Gasteiger partial charge on any atom is 0.223 e. The monoisotopic (exact) mass is 224 g/mol. The summed E-state index contributed by atoms with van der Waals surface area (Å²) in [7, 11) is 0. The predicted octanol–water partition coefficient (Wildman–Crippen LogP) is 1.62. The van der Waals surface area contributed by atoms with Gasteiger partial charge in [-0.1, -0.05) is 13.8 Å². The highest BCUT2D eigenvalue weighted by atomic mass is 16.2. The number of carbonyl (C=O) groups is 1. The molecule has 1 saturated heterocycles. The van der Waals surface area contributed by atoms with Gasteiger partial charge in [0.15, 0.2) is 0 Å². The Morgan fingerprint density at radius 3 is 2.62 bits per heavy atom. The lowest BCUT2D eigenvalue weighted by molar-refractivity contribution is -0.130. The van der Waals surface area contributed by atoms with Crippen molar-refractivity contribution in [3.63, 3.8) is 0 Å². The molecule has 92 valence electrons. The average molecular weight is 224 g/mol. The third kappa shape index (κ3) is 2.24. The second-order valence-electron chi connectivity index (χ2n) is 5.77. The van der Waals surface area contributed by atoms with Crippen LogP contribution < -0.4 is 5.73 Å². The second-order valence-corrected chi connectivity index (χ2v) is 5.77. The van der Waals surface area contributed by atoms with Gasteiger partial charge in [-0.25, -0.2) is 0 Å². The van der Waals surface area contributed by atoms with E-state index in [9.17, 15) is 4.79 Å². The molecular formula is C13H24N2O. The van der Waals surface area contributed by atoms with E-state index < -0.39 is 0 Å². The normalized spacial score (nSPS) is 40.4. The Hall–Kier alpha value is -0.570. The Morgan fingerprint density at radius 2 is 2.06 bits per heavy atom. The van der Waals surface area contributed by atoms with Crippen LogP contribution in [-0.4, -0.2) is 29.9 Å². The lowest BCUT2D eigenvalue weighted by atomic mass is 9.78. The fraction of sp³-hybridized carbons (Fsp3) is 0.923. The van der Waals surface area contributed by atoms with E-state index in [4.69, 9.17) is 5.73 Å². The molecule has 2 rings (SSSR count). The molecule has 1 aliphatic heterocycles. The van der Waals surface area contributed by atoms with E-state index in [0.29, 0.717) is 30.8 Å². The number of hydrogen-bond acceptors (Lipinski definition) is 2. The van der Waals surface area contributed by atoms with Crippen LogP contribution in [0.3, 0.4) is 0 Å². The Morgan fingerprint density at radius 1 is 1.31 bits per heavy atom. The SMILES string of the molecule is CC1CCC(N2CC(CN)CC2=O)CC1C.